The summed E-state index contributed by atoms with van der Waals surface area (Å²) in [6.07, 6.45) is 6.66. The van der Waals surface area contributed by atoms with E-state index in [1.54, 1.807) is 12.1 Å². The maximum absolute atomic E-state index is 13.0. The molecule has 1 unspecified atom stereocenters. The smallest absolute Gasteiger partial charge is 0.123 e. The van der Waals surface area contributed by atoms with Crippen LogP contribution in [-0.2, 0) is 11.2 Å². The molecule has 3 nitrogen and oxygen atoms in total. The lowest BCUT2D eigenvalue weighted by Gasteiger charge is -2.23. The second-order valence-electron chi connectivity index (χ2n) is 5.83. The zero-order valence-electron chi connectivity index (χ0n) is 12.6. The van der Waals surface area contributed by atoms with Crippen molar-refractivity contribution in [2.45, 2.75) is 50.7 Å². The van der Waals surface area contributed by atoms with Gasteiger partial charge in [-0.1, -0.05) is 31.4 Å². The molecule has 1 aromatic rings. The number of halogens is 1. The molecule has 2 N–H and O–H groups in total. The molecule has 1 fully saturated rings. The molecule has 118 valence electrons. The number of aliphatic hydroxyl groups is 1. The summed E-state index contributed by atoms with van der Waals surface area (Å²) in [6, 6.07) is 6.62. The quantitative estimate of drug-likeness (QED) is 0.725. The first-order valence-electron chi connectivity index (χ1n) is 7.99. The van der Waals surface area contributed by atoms with Crippen LogP contribution in [0, 0.1) is 5.82 Å². The standard InChI is InChI=1S/C17H26FNO2/c18-15-6-4-5-14(11-15)9-10-19-12-16(20)13-21-17-7-2-1-3-8-17/h4-6,11,16-17,19-20H,1-3,7-10,12-13H2. The molecule has 0 amide bonds. The first kappa shape index (κ1) is 16.4. The van der Waals surface area contributed by atoms with Gasteiger partial charge in [0.2, 0.25) is 0 Å². The minimum Gasteiger partial charge on any atom is -0.389 e. The predicted octanol–water partition coefficient (Wildman–Crippen LogP) is 2.67. The first-order chi connectivity index (χ1) is 10.2. The van der Waals surface area contributed by atoms with Crippen molar-refractivity contribution >= 4 is 0 Å². The van der Waals surface area contributed by atoms with Gasteiger partial charge in [0.1, 0.15) is 5.82 Å². The zero-order valence-corrected chi connectivity index (χ0v) is 12.6. The van der Waals surface area contributed by atoms with Gasteiger partial charge in [-0.15, -0.1) is 0 Å². The number of benzene rings is 1. The molecule has 0 heterocycles. The molecule has 0 saturated heterocycles. The van der Waals surface area contributed by atoms with Crippen LogP contribution in [0.3, 0.4) is 0 Å². The summed E-state index contributed by atoms with van der Waals surface area (Å²) in [4.78, 5) is 0. The molecular weight excluding hydrogens is 269 g/mol. The van der Waals surface area contributed by atoms with Crippen LogP contribution < -0.4 is 5.32 Å². The summed E-state index contributed by atoms with van der Waals surface area (Å²) in [7, 11) is 0. The van der Waals surface area contributed by atoms with Gasteiger partial charge in [-0.05, 0) is 43.5 Å². The van der Waals surface area contributed by atoms with Crippen LogP contribution in [0.2, 0.25) is 0 Å². The molecule has 0 bridgehead atoms. The van der Waals surface area contributed by atoms with E-state index in [1.807, 2.05) is 6.07 Å². The number of rotatable bonds is 8. The number of hydrogen-bond donors (Lipinski definition) is 2. The highest BCUT2D eigenvalue weighted by molar-refractivity contribution is 5.16. The van der Waals surface area contributed by atoms with Crippen LogP contribution in [0.15, 0.2) is 24.3 Å². The lowest BCUT2D eigenvalue weighted by Crippen LogP contribution is -2.33. The average molecular weight is 295 g/mol. The second kappa shape index (κ2) is 9.13. The number of ether oxygens (including phenoxy) is 1. The van der Waals surface area contributed by atoms with E-state index in [2.05, 4.69) is 5.32 Å². The maximum Gasteiger partial charge on any atom is 0.123 e. The zero-order chi connectivity index (χ0) is 14.9. The van der Waals surface area contributed by atoms with E-state index in [-0.39, 0.29) is 5.82 Å². The van der Waals surface area contributed by atoms with Crippen LogP contribution >= 0.6 is 0 Å². The SMILES string of the molecule is OC(CNCCc1cccc(F)c1)COC1CCCCC1. The van der Waals surface area contributed by atoms with E-state index in [9.17, 15) is 9.50 Å². The van der Waals surface area contributed by atoms with Crippen molar-refractivity contribution in [3.8, 4) is 0 Å². The van der Waals surface area contributed by atoms with Crippen LogP contribution in [0.4, 0.5) is 4.39 Å². The van der Waals surface area contributed by atoms with E-state index in [0.717, 1.165) is 31.4 Å². The van der Waals surface area contributed by atoms with Gasteiger partial charge >= 0.3 is 0 Å². The Morgan fingerprint density at radius 3 is 2.86 bits per heavy atom. The topological polar surface area (TPSA) is 41.5 Å². The Hall–Kier alpha value is -0.970. The highest BCUT2D eigenvalue weighted by Crippen LogP contribution is 2.20. The van der Waals surface area contributed by atoms with Crippen LogP contribution in [-0.4, -0.2) is 37.0 Å². The fourth-order valence-corrected chi connectivity index (χ4v) is 2.73. The molecule has 1 aromatic carbocycles. The van der Waals surface area contributed by atoms with Gasteiger partial charge in [0.15, 0.2) is 0 Å². The van der Waals surface area contributed by atoms with Gasteiger partial charge in [0.05, 0.1) is 18.8 Å². The summed E-state index contributed by atoms with van der Waals surface area (Å²) < 4.78 is 18.7. The molecule has 0 aliphatic heterocycles. The van der Waals surface area contributed by atoms with Gasteiger partial charge in [0, 0.05) is 6.54 Å². The molecule has 2 rings (SSSR count). The van der Waals surface area contributed by atoms with Crippen molar-refractivity contribution in [2.75, 3.05) is 19.7 Å². The van der Waals surface area contributed by atoms with E-state index in [1.165, 1.54) is 25.3 Å². The van der Waals surface area contributed by atoms with Crippen LogP contribution in [0.25, 0.3) is 0 Å². The molecule has 0 aromatic heterocycles. The third-order valence-corrected chi connectivity index (χ3v) is 3.94. The fourth-order valence-electron chi connectivity index (χ4n) is 2.73. The summed E-state index contributed by atoms with van der Waals surface area (Å²) in [5, 5.41) is 13.1. The van der Waals surface area contributed by atoms with Gasteiger partial charge < -0.3 is 15.2 Å². The van der Waals surface area contributed by atoms with Gasteiger partial charge in [-0.3, -0.25) is 0 Å². The van der Waals surface area contributed by atoms with Gasteiger partial charge in [-0.25, -0.2) is 4.39 Å². The third kappa shape index (κ3) is 6.55. The molecule has 0 radical (unpaired) electrons. The molecule has 1 aliphatic carbocycles. The normalized spacial score (nSPS) is 17.8. The molecule has 0 spiro atoms. The van der Waals surface area contributed by atoms with E-state index in [0.29, 0.717) is 19.3 Å². The van der Waals surface area contributed by atoms with E-state index >= 15 is 0 Å². The van der Waals surface area contributed by atoms with Crippen molar-refractivity contribution in [3.63, 3.8) is 0 Å². The monoisotopic (exact) mass is 295 g/mol. The van der Waals surface area contributed by atoms with Crippen LogP contribution in [0.1, 0.15) is 37.7 Å². The highest BCUT2D eigenvalue weighted by Gasteiger charge is 2.15. The lowest BCUT2D eigenvalue weighted by molar-refractivity contribution is -0.0228. The first-order valence-corrected chi connectivity index (χ1v) is 7.99. The molecule has 1 aliphatic rings. The number of nitrogens with one attached hydrogen (secondary N) is 1. The lowest BCUT2D eigenvalue weighted by atomic mass is 9.98. The Morgan fingerprint density at radius 1 is 1.29 bits per heavy atom. The van der Waals surface area contributed by atoms with Crippen LogP contribution in [0.5, 0.6) is 0 Å². The largest absolute Gasteiger partial charge is 0.389 e. The average Bonchev–Trinajstić information content (AvgIpc) is 2.51. The maximum atomic E-state index is 13.0. The minimum atomic E-state index is -0.473. The van der Waals surface area contributed by atoms with E-state index in [4.69, 9.17) is 4.74 Å². The predicted molar refractivity (Wildman–Crippen MR) is 81.8 cm³/mol. The molecule has 4 heteroatoms. The Morgan fingerprint density at radius 2 is 2.10 bits per heavy atom. The molecular formula is C17H26FNO2. The summed E-state index contributed by atoms with van der Waals surface area (Å²) >= 11 is 0. The number of aliphatic hydroxyl groups excluding tert-OH is 1. The van der Waals surface area contributed by atoms with Crippen molar-refractivity contribution in [2.24, 2.45) is 0 Å². The Labute approximate surface area is 126 Å². The Kier molecular flexibility index (Phi) is 7.13. The summed E-state index contributed by atoms with van der Waals surface area (Å²) in [6.45, 7) is 1.64. The van der Waals surface area contributed by atoms with Crippen molar-refractivity contribution in [1.82, 2.24) is 5.32 Å². The van der Waals surface area contributed by atoms with Crippen molar-refractivity contribution in [1.29, 1.82) is 0 Å². The summed E-state index contributed by atoms with van der Waals surface area (Å²) in [5.41, 5.74) is 0.968. The highest BCUT2D eigenvalue weighted by atomic mass is 19.1. The summed E-state index contributed by atoms with van der Waals surface area (Å²) in [5.74, 6) is -0.201. The number of hydrogen-bond acceptors (Lipinski definition) is 3. The van der Waals surface area contributed by atoms with Crippen molar-refractivity contribution < 1.29 is 14.2 Å². The molecule has 1 saturated carbocycles. The second-order valence-corrected chi connectivity index (χ2v) is 5.83. The molecule has 1 atom stereocenters. The van der Waals surface area contributed by atoms with Gasteiger partial charge in [0.25, 0.3) is 0 Å². The Bertz CT molecular complexity index is 408. The van der Waals surface area contributed by atoms with Gasteiger partial charge in [-0.2, -0.15) is 0 Å². The molecule has 21 heavy (non-hydrogen) atoms. The van der Waals surface area contributed by atoms with E-state index < -0.39 is 6.10 Å². The van der Waals surface area contributed by atoms with Crippen molar-refractivity contribution in [3.05, 3.63) is 35.6 Å². The minimum absolute atomic E-state index is 0.201. The Balaban J connectivity index is 1.53. The third-order valence-electron chi connectivity index (χ3n) is 3.94. The fraction of sp³-hybridized carbons (Fsp3) is 0.647.